The Labute approximate surface area is 95.6 Å². The molecule has 0 aromatic rings. The van der Waals surface area contributed by atoms with Crippen LogP contribution in [-0.4, -0.2) is 23.7 Å². The summed E-state index contributed by atoms with van der Waals surface area (Å²) in [6, 6.07) is -1.50. The summed E-state index contributed by atoms with van der Waals surface area (Å²) in [6.45, 7) is 12.4. The van der Waals surface area contributed by atoms with Crippen molar-refractivity contribution in [2.24, 2.45) is 5.41 Å². The predicted molar refractivity (Wildman–Crippen MR) is 61.0 cm³/mol. The first kappa shape index (κ1) is 15.1. The molecule has 4 heteroatoms. The van der Waals surface area contributed by atoms with Gasteiger partial charge in [-0.3, -0.25) is 0 Å². The van der Waals surface area contributed by atoms with Crippen molar-refractivity contribution in [2.75, 3.05) is 6.54 Å². The highest BCUT2D eigenvalue weighted by Crippen LogP contribution is 2.34. The summed E-state index contributed by atoms with van der Waals surface area (Å²) >= 11 is 0. The summed E-state index contributed by atoms with van der Waals surface area (Å²) < 4.78 is 38.7. The van der Waals surface area contributed by atoms with Crippen molar-refractivity contribution in [3.05, 3.63) is 25.4 Å². The van der Waals surface area contributed by atoms with Crippen LogP contribution in [-0.2, 0) is 0 Å². The van der Waals surface area contributed by atoms with Crippen LogP contribution in [0.4, 0.5) is 13.2 Å². The third kappa shape index (κ3) is 5.24. The van der Waals surface area contributed by atoms with Crippen LogP contribution >= 0.6 is 0 Å². The topological polar surface area (TPSA) is 3.24 Å². The van der Waals surface area contributed by atoms with Crippen LogP contribution in [0.1, 0.15) is 27.2 Å². The molecule has 0 aliphatic carbocycles. The van der Waals surface area contributed by atoms with Crippen molar-refractivity contribution < 1.29 is 13.2 Å². The van der Waals surface area contributed by atoms with Gasteiger partial charge in [-0.25, -0.2) is 0 Å². The van der Waals surface area contributed by atoms with Gasteiger partial charge in [-0.1, -0.05) is 33.4 Å². The Morgan fingerprint density at radius 1 is 1.19 bits per heavy atom. The van der Waals surface area contributed by atoms with Crippen molar-refractivity contribution in [3.8, 4) is 0 Å². The highest BCUT2D eigenvalue weighted by Gasteiger charge is 2.44. The van der Waals surface area contributed by atoms with Gasteiger partial charge in [0.05, 0.1) is 0 Å². The Kier molecular flexibility index (Phi) is 5.10. The van der Waals surface area contributed by atoms with E-state index in [1.54, 1.807) is 20.8 Å². The Morgan fingerprint density at radius 3 is 1.94 bits per heavy atom. The zero-order valence-electron chi connectivity index (χ0n) is 10.1. The van der Waals surface area contributed by atoms with Crippen molar-refractivity contribution in [1.82, 2.24) is 4.90 Å². The van der Waals surface area contributed by atoms with Gasteiger partial charge >= 0.3 is 6.18 Å². The molecule has 1 nitrogen and oxygen atoms in total. The zero-order valence-corrected chi connectivity index (χ0v) is 10.1. The van der Waals surface area contributed by atoms with Crippen LogP contribution in [0.3, 0.4) is 0 Å². The van der Waals surface area contributed by atoms with Crippen LogP contribution in [0.5, 0.6) is 0 Å². The lowest BCUT2D eigenvalue weighted by molar-refractivity contribution is -0.182. The van der Waals surface area contributed by atoms with Crippen molar-refractivity contribution >= 4 is 0 Å². The van der Waals surface area contributed by atoms with E-state index in [9.17, 15) is 13.2 Å². The summed E-state index contributed by atoms with van der Waals surface area (Å²) in [7, 11) is 0. The molecule has 94 valence electrons. The summed E-state index contributed by atoms with van der Waals surface area (Å²) in [5.74, 6) is 0. The van der Waals surface area contributed by atoms with Gasteiger partial charge in [0.15, 0.2) is 0 Å². The van der Waals surface area contributed by atoms with Crippen molar-refractivity contribution in [3.63, 3.8) is 0 Å². The minimum atomic E-state index is -4.25. The molecule has 1 unspecified atom stereocenters. The molecule has 0 aliphatic heterocycles. The molecule has 0 spiro atoms. The molecule has 0 amide bonds. The second-order valence-electron chi connectivity index (χ2n) is 4.99. The van der Waals surface area contributed by atoms with Gasteiger partial charge in [0.2, 0.25) is 0 Å². The molecule has 0 aromatic carbocycles. The van der Waals surface area contributed by atoms with E-state index in [-0.39, 0.29) is 18.4 Å². The van der Waals surface area contributed by atoms with Gasteiger partial charge in [0.25, 0.3) is 0 Å². The van der Waals surface area contributed by atoms with Crippen LogP contribution < -0.4 is 0 Å². The second-order valence-corrected chi connectivity index (χ2v) is 4.99. The molecule has 0 saturated heterocycles. The van der Waals surface area contributed by atoms with Gasteiger partial charge in [-0.15, -0.1) is 6.58 Å². The van der Waals surface area contributed by atoms with Gasteiger partial charge in [0, 0.05) is 6.54 Å². The molecule has 0 saturated carbocycles. The lowest BCUT2D eigenvalue weighted by Crippen LogP contribution is -2.45. The standard InChI is InChI=1S/C12H20F3N/c1-6-8-16(7-2)10(12(13,14)15)9-11(3,4)5/h6-7,10H,1-2,8-9H2,3-5H3. The second kappa shape index (κ2) is 5.41. The monoisotopic (exact) mass is 235 g/mol. The van der Waals surface area contributed by atoms with Gasteiger partial charge in [-0.2, -0.15) is 13.2 Å². The molecule has 1 atom stereocenters. The number of alkyl halides is 3. The Morgan fingerprint density at radius 2 is 1.69 bits per heavy atom. The fourth-order valence-corrected chi connectivity index (χ4v) is 1.48. The Bertz CT molecular complexity index is 238. The fraction of sp³-hybridized carbons (Fsp3) is 0.667. The number of rotatable bonds is 5. The maximum absolute atomic E-state index is 12.9. The highest BCUT2D eigenvalue weighted by atomic mass is 19.4. The third-order valence-electron chi connectivity index (χ3n) is 2.16. The van der Waals surface area contributed by atoms with Crippen molar-refractivity contribution in [2.45, 2.75) is 39.4 Å². The van der Waals surface area contributed by atoms with E-state index in [1.807, 2.05) is 0 Å². The lowest BCUT2D eigenvalue weighted by Gasteiger charge is -2.35. The van der Waals surface area contributed by atoms with Gasteiger partial charge < -0.3 is 4.90 Å². The highest BCUT2D eigenvalue weighted by molar-refractivity contribution is 4.91. The van der Waals surface area contributed by atoms with E-state index in [4.69, 9.17) is 0 Å². The molecule has 16 heavy (non-hydrogen) atoms. The summed E-state index contributed by atoms with van der Waals surface area (Å²) in [5.41, 5.74) is -0.386. The Hall–Kier alpha value is -0.930. The SMILES string of the molecule is C=CCN(C=C)C(CC(C)(C)C)C(F)(F)F. The van der Waals surface area contributed by atoms with E-state index in [0.29, 0.717) is 0 Å². The maximum Gasteiger partial charge on any atom is 0.408 e. The number of hydrogen-bond acceptors (Lipinski definition) is 1. The molecule has 0 rings (SSSR count). The lowest BCUT2D eigenvalue weighted by atomic mass is 9.87. The van der Waals surface area contributed by atoms with E-state index < -0.39 is 12.2 Å². The summed E-state index contributed by atoms with van der Waals surface area (Å²) in [6.07, 6.45) is -1.53. The van der Waals surface area contributed by atoms with Crippen LogP contribution in [0, 0.1) is 5.41 Å². The minimum absolute atomic E-state index is 0.0381. The summed E-state index contributed by atoms with van der Waals surface area (Å²) in [4.78, 5) is 1.18. The number of halogens is 3. The fourth-order valence-electron chi connectivity index (χ4n) is 1.48. The average molecular weight is 235 g/mol. The van der Waals surface area contributed by atoms with Crippen LogP contribution in [0.15, 0.2) is 25.4 Å². The van der Waals surface area contributed by atoms with Gasteiger partial charge in [0.1, 0.15) is 6.04 Å². The van der Waals surface area contributed by atoms with Crippen LogP contribution in [0.2, 0.25) is 0 Å². The van der Waals surface area contributed by atoms with Crippen molar-refractivity contribution in [1.29, 1.82) is 0 Å². The van der Waals surface area contributed by atoms with E-state index in [1.165, 1.54) is 17.2 Å². The molecule has 0 heterocycles. The molecule has 0 radical (unpaired) electrons. The summed E-state index contributed by atoms with van der Waals surface area (Å²) in [5, 5.41) is 0. The third-order valence-corrected chi connectivity index (χ3v) is 2.16. The first-order valence-corrected chi connectivity index (χ1v) is 5.17. The van der Waals surface area contributed by atoms with Gasteiger partial charge in [-0.05, 0) is 18.0 Å². The Balaban J connectivity index is 4.92. The first-order chi connectivity index (χ1) is 7.11. The normalized spacial score (nSPS) is 14.4. The number of hydrogen-bond donors (Lipinski definition) is 0. The first-order valence-electron chi connectivity index (χ1n) is 5.17. The molecule has 0 aromatic heterocycles. The minimum Gasteiger partial charge on any atom is -0.363 e. The average Bonchev–Trinajstić information content (AvgIpc) is 2.07. The molecule has 0 N–H and O–H groups in total. The van der Waals surface area contributed by atoms with E-state index in [2.05, 4.69) is 13.2 Å². The van der Waals surface area contributed by atoms with E-state index in [0.717, 1.165) is 0 Å². The number of nitrogens with zero attached hydrogens (tertiary/aromatic N) is 1. The molecule has 0 bridgehead atoms. The maximum atomic E-state index is 12.9. The molecule has 0 fully saturated rings. The quantitative estimate of drug-likeness (QED) is 0.651. The predicted octanol–water partition coefficient (Wildman–Crippen LogP) is 3.99. The smallest absolute Gasteiger partial charge is 0.363 e. The molecule has 0 aliphatic rings. The van der Waals surface area contributed by atoms with E-state index >= 15 is 0 Å². The molecular weight excluding hydrogens is 215 g/mol. The zero-order chi connectivity index (χ0) is 13.0. The largest absolute Gasteiger partial charge is 0.408 e. The molecular formula is C12H20F3N. The van der Waals surface area contributed by atoms with Crippen LogP contribution in [0.25, 0.3) is 0 Å².